The highest BCUT2D eigenvalue weighted by Crippen LogP contribution is 2.33. The second-order valence-corrected chi connectivity index (χ2v) is 5.19. The summed E-state index contributed by atoms with van der Waals surface area (Å²) in [5, 5.41) is 0. The van der Waals surface area contributed by atoms with Crippen LogP contribution in [0.15, 0.2) is 53.8 Å². The fraction of sp³-hybridized carbons (Fsp3) is 0.263. The van der Waals surface area contributed by atoms with Crippen molar-refractivity contribution in [3.8, 4) is 5.75 Å². The van der Waals surface area contributed by atoms with Gasteiger partial charge in [0.1, 0.15) is 5.75 Å². The average Bonchev–Trinajstić information content (AvgIpc) is 2.80. The number of carbonyl (C=O) groups excluding carboxylic acids is 2. The van der Waals surface area contributed by atoms with Crippen LogP contribution in [0.1, 0.15) is 19.4 Å². The van der Waals surface area contributed by atoms with Crippen LogP contribution >= 0.6 is 0 Å². The molecular weight excluding hydrogens is 306 g/mol. The Morgan fingerprint density at radius 1 is 1.33 bits per heavy atom. The lowest BCUT2D eigenvalue weighted by atomic mass is 10.0. The van der Waals surface area contributed by atoms with E-state index < -0.39 is 5.97 Å². The quantitative estimate of drug-likeness (QED) is 0.458. The van der Waals surface area contributed by atoms with Crippen molar-refractivity contribution in [3.05, 3.63) is 59.3 Å². The van der Waals surface area contributed by atoms with Crippen molar-refractivity contribution in [1.29, 1.82) is 0 Å². The summed E-state index contributed by atoms with van der Waals surface area (Å²) in [5.74, 6) is -0.127. The van der Waals surface area contributed by atoms with Crippen molar-refractivity contribution in [1.82, 2.24) is 4.90 Å². The van der Waals surface area contributed by atoms with E-state index in [1.165, 1.54) is 4.90 Å². The molecule has 5 heteroatoms. The van der Waals surface area contributed by atoms with Crippen LogP contribution in [-0.4, -0.2) is 37.0 Å². The number of hydrogen-bond acceptors (Lipinski definition) is 4. The SMILES string of the molecule is C=CCN1C(=O)C(=Cc2ccccc2OC)C(C(=O)OCC)=C1C. The Kier molecular flexibility index (Phi) is 5.58. The molecule has 0 saturated carbocycles. The van der Waals surface area contributed by atoms with Gasteiger partial charge in [0.25, 0.3) is 5.91 Å². The van der Waals surface area contributed by atoms with Gasteiger partial charge < -0.3 is 14.4 Å². The third-order valence-corrected chi connectivity index (χ3v) is 3.74. The number of benzene rings is 1. The largest absolute Gasteiger partial charge is 0.496 e. The highest BCUT2D eigenvalue weighted by molar-refractivity contribution is 6.16. The third-order valence-electron chi connectivity index (χ3n) is 3.74. The fourth-order valence-electron chi connectivity index (χ4n) is 2.62. The standard InChI is InChI=1S/C19H21NO4/c1-5-11-20-13(3)17(19(22)24-6-2)15(18(20)21)12-14-9-7-8-10-16(14)23-4/h5,7-10,12H,1,6,11H2,2-4H3. The molecular formula is C19H21NO4. The van der Waals surface area contributed by atoms with Crippen molar-refractivity contribution in [2.24, 2.45) is 0 Å². The van der Waals surface area contributed by atoms with Crippen LogP contribution in [0.3, 0.4) is 0 Å². The summed E-state index contributed by atoms with van der Waals surface area (Å²) in [6.07, 6.45) is 3.29. The van der Waals surface area contributed by atoms with Crippen LogP contribution in [-0.2, 0) is 14.3 Å². The van der Waals surface area contributed by atoms with Gasteiger partial charge in [-0.25, -0.2) is 4.79 Å². The second-order valence-electron chi connectivity index (χ2n) is 5.19. The summed E-state index contributed by atoms with van der Waals surface area (Å²) >= 11 is 0. The van der Waals surface area contributed by atoms with Crippen molar-refractivity contribution >= 4 is 18.0 Å². The van der Waals surface area contributed by atoms with Crippen molar-refractivity contribution in [2.75, 3.05) is 20.3 Å². The molecule has 0 fully saturated rings. The fourth-order valence-corrected chi connectivity index (χ4v) is 2.62. The molecule has 0 saturated heterocycles. The highest BCUT2D eigenvalue weighted by Gasteiger charge is 2.36. The number of rotatable bonds is 6. The molecule has 1 heterocycles. The topological polar surface area (TPSA) is 55.8 Å². The maximum atomic E-state index is 12.7. The van der Waals surface area contributed by atoms with Crippen molar-refractivity contribution in [3.63, 3.8) is 0 Å². The van der Waals surface area contributed by atoms with E-state index in [0.717, 1.165) is 5.56 Å². The van der Waals surface area contributed by atoms with E-state index in [4.69, 9.17) is 9.47 Å². The van der Waals surface area contributed by atoms with E-state index in [9.17, 15) is 9.59 Å². The second kappa shape index (κ2) is 7.64. The first-order chi connectivity index (χ1) is 11.5. The number of hydrogen-bond donors (Lipinski definition) is 0. The van der Waals surface area contributed by atoms with Crippen LogP contribution in [0.2, 0.25) is 0 Å². The minimum atomic E-state index is -0.504. The Morgan fingerprint density at radius 3 is 2.67 bits per heavy atom. The van der Waals surface area contributed by atoms with Crippen molar-refractivity contribution < 1.29 is 19.1 Å². The maximum absolute atomic E-state index is 12.7. The van der Waals surface area contributed by atoms with Crippen molar-refractivity contribution in [2.45, 2.75) is 13.8 Å². The molecule has 1 aliphatic rings. The molecule has 1 aliphatic heterocycles. The van der Waals surface area contributed by atoms with Crippen LogP contribution in [0, 0.1) is 0 Å². The first-order valence-corrected chi connectivity index (χ1v) is 7.71. The van der Waals surface area contributed by atoms with Gasteiger partial charge in [0, 0.05) is 17.8 Å². The molecule has 1 amide bonds. The highest BCUT2D eigenvalue weighted by atomic mass is 16.5. The molecule has 1 aromatic carbocycles. The smallest absolute Gasteiger partial charge is 0.340 e. The number of amides is 1. The summed E-state index contributed by atoms with van der Waals surface area (Å²) in [6.45, 7) is 7.70. The average molecular weight is 327 g/mol. The van der Waals surface area contributed by atoms with Gasteiger partial charge in [0.2, 0.25) is 0 Å². The lowest BCUT2D eigenvalue weighted by Gasteiger charge is -2.14. The van der Waals surface area contributed by atoms with Crippen LogP contribution in [0.5, 0.6) is 5.75 Å². The molecule has 2 rings (SSSR count). The number of allylic oxidation sites excluding steroid dienone is 1. The Hall–Kier alpha value is -2.82. The van der Waals surface area contributed by atoms with E-state index in [0.29, 0.717) is 23.6 Å². The van der Waals surface area contributed by atoms with Gasteiger partial charge in [-0.3, -0.25) is 4.79 Å². The molecule has 126 valence electrons. The Morgan fingerprint density at radius 2 is 2.04 bits per heavy atom. The Bertz CT molecular complexity index is 731. The van der Waals surface area contributed by atoms with E-state index in [-0.39, 0.29) is 18.1 Å². The zero-order valence-corrected chi connectivity index (χ0v) is 14.2. The molecule has 0 aliphatic carbocycles. The summed E-state index contributed by atoms with van der Waals surface area (Å²) < 4.78 is 10.4. The van der Waals surface area contributed by atoms with Crippen LogP contribution < -0.4 is 4.74 Å². The van der Waals surface area contributed by atoms with Gasteiger partial charge in [-0.1, -0.05) is 24.3 Å². The minimum absolute atomic E-state index is 0.243. The molecule has 0 radical (unpaired) electrons. The van der Waals surface area contributed by atoms with Gasteiger partial charge in [-0.05, 0) is 26.0 Å². The molecule has 0 bridgehead atoms. The molecule has 0 spiro atoms. The number of para-hydroxylation sites is 1. The number of methoxy groups -OCH3 is 1. The van der Waals surface area contributed by atoms with E-state index >= 15 is 0 Å². The molecule has 24 heavy (non-hydrogen) atoms. The maximum Gasteiger partial charge on any atom is 0.340 e. The predicted molar refractivity (Wildman–Crippen MR) is 92.2 cm³/mol. The number of carbonyl (C=O) groups is 2. The first-order valence-electron chi connectivity index (χ1n) is 7.71. The number of nitrogens with zero attached hydrogens (tertiary/aromatic N) is 1. The van der Waals surface area contributed by atoms with Gasteiger partial charge in [-0.2, -0.15) is 0 Å². The first kappa shape index (κ1) is 17.5. The predicted octanol–water partition coefficient (Wildman–Crippen LogP) is 2.94. The van der Waals surface area contributed by atoms with Gasteiger partial charge >= 0.3 is 5.97 Å². The molecule has 5 nitrogen and oxygen atoms in total. The summed E-state index contributed by atoms with van der Waals surface area (Å²) in [5.41, 5.74) is 1.88. The van der Waals surface area contributed by atoms with Gasteiger partial charge in [0.05, 0.1) is 24.9 Å². The number of esters is 1. The minimum Gasteiger partial charge on any atom is -0.496 e. The lowest BCUT2D eigenvalue weighted by molar-refractivity contribution is -0.138. The zero-order valence-electron chi connectivity index (χ0n) is 14.2. The van der Waals surface area contributed by atoms with Crippen LogP contribution in [0.4, 0.5) is 0 Å². The zero-order chi connectivity index (χ0) is 17.7. The van der Waals surface area contributed by atoms with Crippen LogP contribution in [0.25, 0.3) is 6.08 Å². The summed E-state index contributed by atoms with van der Waals surface area (Å²) in [4.78, 5) is 26.6. The molecule has 0 atom stereocenters. The monoisotopic (exact) mass is 327 g/mol. The normalized spacial score (nSPS) is 15.9. The Balaban J connectivity index is 2.56. The Labute approximate surface area is 141 Å². The lowest BCUT2D eigenvalue weighted by Crippen LogP contribution is -2.25. The number of ether oxygens (including phenoxy) is 2. The summed E-state index contributed by atoms with van der Waals surface area (Å²) in [6, 6.07) is 7.31. The van der Waals surface area contributed by atoms with Gasteiger partial charge in [-0.15, -0.1) is 6.58 Å². The molecule has 0 N–H and O–H groups in total. The molecule has 0 unspecified atom stereocenters. The van der Waals surface area contributed by atoms with E-state index in [1.807, 2.05) is 18.2 Å². The van der Waals surface area contributed by atoms with Gasteiger partial charge in [0.15, 0.2) is 0 Å². The summed E-state index contributed by atoms with van der Waals surface area (Å²) in [7, 11) is 1.56. The molecule has 0 aromatic heterocycles. The molecule has 1 aromatic rings. The third kappa shape index (κ3) is 3.25. The van der Waals surface area contributed by atoms with E-state index in [2.05, 4.69) is 6.58 Å². The van der Waals surface area contributed by atoms with E-state index in [1.54, 1.807) is 39.2 Å².